The van der Waals surface area contributed by atoms with Gasteiger partial charge in [-0.1, -0.05) is 26.2 Å². The summed E-state index contributed by atoms with van der Waals surface area (Å²) in [5.41, 5.74) is 0. The normalized spacial score (nSPS) is 33.0. The van der Waals surface area contributed by atoms with Crippen LogP contribution in [0, 0.1) is 11.8 Å². The van der Waals surface area contributed by atoms with Crippen molar-refractivity contribution in [2.24, 2.45) is 11.8 Å². The molecule has 0 aromatic rings. The van der Waals surface area contributed by atoms with E-state index in [1.54, 1.807) is 0 Å². The number of carbonyl (C=O) groups excluding carboxylic acids is 1. The van der Waals surface area contributed by atoms with Crippen molar-refractivity contribution in [2.45, 2.75) is 64.3 Å². The number of nitrogens with one attached hydrogen (secondary N) is 1. The highest BCUT2D eigenvalue weighted by molar-refractivity contribution is 7.91. The van der Waals surface area contributed by atoms with E-state index in [2.05, 4.69) is 12.2 Å². The summed E-state index contributed by atoms with van der Waals surface area (Å²) in [7, 11) is -2.91. The third kappa shape index (κ3) is 4.47. The fraction of sp³-hybridized carbons (Fsp3) is 0.933. The van der Waals surface area contributed by atoms with E-state index in [0.717, 1.165) is 31.6 Å². The Balaban J connectivity index is 1.72. The second-order valence-corrected chi connectivity index (χ2v) is 8.70. The molecule has 116 valence electrons. The van der Waals surface area contributed by atoms with E-state index >= 15 is 0 Å². The largest absolute Gasteiger partial charge is 0.352 e. The van der Waals surface area contributed by atoms with Crippen LogP contribution in [0.3, 0.4) is 0 Å². The molecule has 1 aliphatic heterocycles. The molecule has 4 nitrogen and oxygen atoms in total. The van der Waals surface area contributed by atoms with Crippen LogP contribution in [0.4, 0.5) is 0 Å². The summed E-state index contributed by atoms with van der Waals surface area (Å²) >= 11 is 0. The van der Waals surface area contributed by atoms with Crippen molar-refractivity contribution in [3.63, 3.8) is 0 Å². The number of unbranched alkanes of at least 4 members (excludes halogenated alkanes) is 1. The molecule has 1 heterocycles. The van der Waals surface area contributed by atoms with Gasteiger partial charge in [-0.3, -0.25) is 4.79 Å². The highest BCUT2D eigenvalue weighted by atomic mass is 32.2. The number of hydrogen-bond donors (Lipinski definition) is 1. The molecule has 2 fully saturated rings. The van der Waals surface area contributed by atoms with Gasteiger partial charge in [-0.2, -0.15) is 0 Å². The van der Waals surface area contributed by atoms with Crippen molar-refractivity contribution in [3.05, 3.63) is 0 Å². The van der Waals surface area contributed by atoms with Gasteiger partial charge in [0.1, 0.15) is 0 Å². The third-order valence-corrected chi connectivity index (χ3v) is 6.53. The smallest absolute Gasteiger partial charge is 0.223 e. The average Bonchev–Trinajstić information content (AvgIpc) is 2.76. The molecular weight excluding hydrogens is 274 g/mol. The Morgan fingerprint density at radius 1 is 1.15 bits per heavy atom. The molecular formula is C15H27NO3S. The van der Waals surface area contributed by atoms with E-state index in [9.17, 15) is 13.2 Å². The zero-order valence-corrected chi connectivity index (χ0v) is 13.3. The third-order valence-electron chi connectivity index (χ3n) is 4.76. The van der Waals surface area contributed by atoms with Crippen molar-refractivity contribution in [1.29, 1.82) is 0 Å². The molecule has 1 atom stereocenters. The van der Waals surface area contributed by atoms with Crippen molar-refractivity contribution in [1.82, 2.24) is 5.32 Å². The van der Waals surface area contributed by atoms with Crippen molar-refractivity contribution < 1.29 is 13.2 Å². The molecule has 1 saturated carbocycles. The number of sulfone groups is 1. The van der Waals surface area contributed by atoms with E-state index in [0.29, 0.717) is 6.42 Å². The molecule has 0 aromatic heterocycles. The first-order valence-corrected chi connectivity index (χ1v) is 9.83. The molecule has 0 aromatic carbocycles. The molecule has 0 unspecified atom stereocenters. The zero-order chi connectivity index (χ0) is 14.6. The minimum Gasteiger partial charge on any atom is -0.352 e. The number of carbonyl (C=O) groups is 1. The van der Waals surface area contributed by atoms with Gasteiger partial charge in [0.15, 0.2) is 9.84 Å². The Hall–Kier alpha value is -0.580. The first-order valence-electron chi connectivity index (χ1n) is 8.01. The summed E-state index contributed by atoms with van der Waals surface area (Å²) in [5, 5.41) is 2.94. The fourth-order valence-electron chi connectivity index (χ4n) is 3.43. The minimum absolute atomic E-state index is 0.0843. The molecule has 1 saturated heterocycles. The lowest BCUT2D eigenvalue weighted by Gasteiger charge is -2.28. The van der Waals surface area contributed by atoms with Crippen LogP contribution in [0.25, 0.3) is 0 Å². The standard InChI is InChI=1S/C15H27NO3S/c1-2-3-4-12-5-7-13(8-6-12)15(17)16-14-9-10-20(18,19)11-14/h12-14H,2-11H2,1H3,(H,16,17)/t12?,13?,14-/m0/s1. The molecule has 1 N–H and O–H groups in total. The lowest BCUT2D eigenvalue weighted by molar-refractivity contribution is -0.126. The second-order valence-electron chi connectivity index (χ2n) is 6.47. The Morgan fingerprint density at radius 2 is 1.85 bits per heavy atom. The molecule has 2 aliphatic rings. The van der Waals surface area contributed by atoms with Gasteiger partial charge in [0, 0.05) is 12.0 Å². The first kappa shape index (κ1) is 15.8. The highest BCUT2D eigenvalue weighted by Gasteiger charge is 2.32. The van der Waals surface area contributed by atoms with E-state index in [4.69, 9.17) is 0 Å². The van der Waals surface area contributed by atoms with Crippen molar-refractivity contribution >= 4 is 15.7 Å². The predicted octanol–water partition coefficient (Wildman–Crippen LogP) is 2.29. The van der Waals surface area contributed by atoms with E-state index in [1.807, 2.05) is 0 Å². The lowest BCUT2D eigenvalue weighted by Crippen LogP contribution is -2.40. The van der Waals surface area contributed by atoms with E-state index in [-0.39, 0.29) is 29.4 Å². The Labute approximate surface area is 122 Å². The first-order chi connectivity index (χ1) is 9.50. The summed E-state index contributed by atoms with van der Waals surface area (Å²) in [5.74, 6) is 1.34. The van der Waals surface area contributed by atoms with Gasteiger partial charge in [0.2, 0.25) is 5.91 Å². The van der Waals surface area contributed by atoms with Crippen LogP contribution in [0.15, 0.2) is 0 Å². The Kier molecular flexibility index (Phi) is 5.47. The average molecular weight is 301 g/mol. The van der Waals surface area contributed by atoms with Gasteiger partial charge in [0.25, 0.3) is 0 Å². The van der Waals surface area contributed by atoms with Crippen LogP contribution >= 0.6 is 0 Å². The van der Waals surface area contributed by atoms with Gasteiger partial charge in [0.05, 0.1) is 11.5 Å². The van der Waals surface area contributed by atoms with E-state index < -0.39 is 9.84 Å². The number of hydrogen-bond acceptors (Lipinski definition) is 3. The minimum atomic E-state index is -2.91. The lowest BCUT2D eigenvalue weighted by atomic mass is 9.79. The van der Waals surface area contributed by atoms with Gasteiger partial charge in [-0.05, 0) is 38.0 Å². The predicted molar refractivity (Wildman–Crippen MR) is 80.2 cm³/mol. The van der Waals surface area contributed by atoms with E-state index in [1.165, 1.54) is 19.3 Å². The zero-order valence-electron chi connectivity index (χ0n) is 12.4. The quantitative estimate of drug-likeness (QED) is 0.847. The topological polar surface area (TPSA) is 63.2 Å². The maximum Gasteiger partial charge on any atom is 0.223 e. The fourth-order valence-corrected chi connectivity index (χ4v) is 5.11. The van der Waals surface area contributed by atoms with Crippen LogP contribution in [0.5, 0.6) is 0 Å². The maximum absolute atomic E-state index is 12.2. The van der Waals surface area contributed by atoms with Crippen LogP contribution < -0.4 is 5.32 Å². The summed E-state index contributed by atoms with van der Waals surface area (Å²) in [6, 6.07) is -0.148. The summed E-state index contributed by atoms with van der Waals surface area (Å²) in [6.45, 7) is 2.22. The number of rotatable bonds is 5. The summed E-state index contributed by atoms with van der Waals surface area (Å²) < 4.78 is 22.8. The molecule has 5 heteroatoms. The van der Waals surface area contributed by atoms with Gasteiger partial charge in [-0.25, -0.2) is 8.42 Å². The Morgan fingerprint density at radius 3 is 2.40 bits per heavy atom. The van der Waals surface area contributed by atoms with Crippen LogP contribution in [0.2, 0.25) is 0 Å². The van der Waals surface area contributed by atoms with Gasteiger partial charge < -0.3 is 5.32 Å². The Bertz CT molecular complexity index is 424. The molecule has 2 rings (SSSR count). The summed E-state index contributed by atoms with van der Waals surface area (Å²) in [6.07, 6.45) is 8.67. The van der Waals surface area contributed by atoms with Crippen LogP contribution in [0.1, 0.15) is 58.3 Å². The SMILES string of the molecule is CCCCC1CCC(C(=O)N[C@H]2CCS(=O)(=O)C2)CC1. The molecule has 0 radical (unpaired) electrons. The second kappa shape index (κ2) is 6.92. The van der Waals surface area contributed by atoms with Gasteiger partial charge >= 0.3 is 0 Å². The molecule has 1 amide bonds. The maximum atomic E-state index is 12.2. The molecule has 0 bridgehead atoms. The molecule has 20 heavy (non-hydrogen) atoms. The van der Waals surface area contributed by atoms with Crippen LogP contribution in [-0.2, 0) is 14.6 Å². The number of amides is 1. The van der Waals surface area contributed by atoms with Gasteiger partial charge in [-0.15, -0.1) is 0 Å². The molecule has 1 aliphatic carbocycles. The van der Waals surface area contributed by atoms with Crippen molar-refractivity contribution in [2.75, 3.05) is 11.5 Å². The molecule has 0 spiro atoms. The van der Waals surface area contributed by atoms with Crippen LogP contribution in [-0.4, -0.2) is 31.9 Å². The van der Waals surface area contributed by atoms with Crippen molar-refractivity contribution in [3.8, 4) is 0 Å². The summed E-state index contributed by atoms with van der Waals surface area (Å²) in [4.78, 5) is 12.2. The highest BCUT2D eigenvalue weighted by Crippen LogP contribution is 2.32. The monoisotopic (exact) mass is 301 g/mol.